The lowest BCUT2D eigenvalue weighted by atomic mass is 10.1. The molecule has 8 nitrogen and oxygen atoms in total. The standard InChI is InChI=1S/C22H25N5O3/c1-27-9-8-23-7-2-10-28-16-4-5-18-17(11-16)22(25-13-24-18)26-20-15(12-27)3-6-19-21(20)30-14-29-19/h3-6,11,13,23H,2,7-10,12,14H2,1H3,(H,24,25,26). The van der Waals surface area contributed by atoms with Crippen molar-refractivity contribution in [3.63, 3.8) is 0 Å². The maximum atomic E-state index is 5.95. The van der Waals surface area contributed by atoms with Gasteiger partial charge in [-0.05, 0) is 49.8 Å². The molecule has 30 heavy (non-hydrogen) atoms. The molecule has 0 atom stereocenters. The minimum atomic E-state index is 0.218. The van der Waals surface area contributed by atoms with Gasteiger partial charge >= 0.3 is 0 Å². The average molecular weight is 407 g/mol. The molecule has 5 rings (SSSR count). The van der Waals surface area contributed by atoms with E-state index in [1.165, 1.54) is 0 Å². The summed E-state index contributed by atoms with van der Waals surface area (Å²) in [5, 5.41) is 7.89. The van der Waals surface area contributed by atoms with E-state index in [0.717, 1.165) is 72.0 Å². The van der Waals surface area contributed by atoms with Gasteiger partial charge in [0.25, 0.3) is 0 Å². The van der Waals surface area contributed by atoms with Gasteiger partial charge in [-0.3, -0.25) is 0 Å². The van der Waals surface area contributed by atoms with Crippen molar-refractivity contribution in [1.82, 2.24) is 20.2 Å². The van der Waals surface area contributed by atoms with E-state index < -0.39 is 0 Å². The zero-order valence-corrected chi connectivity index (χ0v) is 17.0. The Balaban J connectivity index is 1.60. The van der Waals surface area contributed by atoms with E-state index in [9.17, 15) is 0 Å². The van der Waals surface area contributed by atoms with E-state index in [1.54, 1.807) is 6.33 Å². The smallest absolute Gasteiger partial charge is 0.231 e. The van der Waals surface area contributed by atoms with Crippen molar-refractivity contribution in [2.24, 2.45) is 0 Å². The molecule has 8 heteroatoms. The third kappa shape index (κ3) is 3.83. The Morgan fingerprint density at radius 2 is 2.00 bits per heavy atom. The molecule has 0 fully saturated rings. The first-order valence-electron chi connectivity index (χ1n) is 10.2. The average Bonchev–Trinajstić information content (AvgIpc) is 3.23. The molecule has 0 saturated heterocycles. The highest BCUT2D eigenvalue weighted by molar-refractivity contribution is 5.92. The van der Waals surface area contributed by atoms with Gasteiger partial charge in [0.2, 0.25) is 6.79 Å². The van der Waals surface area contributed by atoms with Gasteiger partial charge in [-0.2, -0.15) is 0 Å². The van der Waals surface area contributed by atoms with Crippen molar-refractivity contribution >= 4 is 22.4 Å². The molecule has 0 spiro atoms. The van der Waals surface area contributed by atoms with E-state index >= 15 is 0 Å². The van der Waals surface area contributed by atoms with Gasteiger partial charge in [0.05, 0.1) is 17.8 Å². The number of anilines is 2. The normalized spacial score (nSPS) is 17.4. The molecule has 2 aromatic carbocycles. The lowest BCUT2D eigenvalue weighted by Gasteiger charge is -2.21. The molecule has 2 aliphatic rings. The second-order valence-electron chi connectivity index (χ2n) is 7.55. The highest BCUT2D eigenvalue weighted by Gasteiger charge is 2.23. The summed E-state index contributed by atoms with van der Waals surface area (Å²) in [5.74, 6) is 2.99. The molecule has 3 aromatic rings. The lowest BCUT2D eigenvalue weighted by Crippen LogP contribution is -2.30. The van der Waals surface area contributed by atoms with Crippen LogP contribution in [0.25, 0.3) is 10.9 Å². The third-order valence-electron chi connectivity index (χ3n) is 5.35. The number of rotatable bonds is 0. The Morgan fingerprint density at radius 3 is 2.97 bits per heavy atom. The summed E-state index contributed by atoms with van der Waals surface area (Å²) >= 11 is 0. The van der Waals surface area contributed by atoms with Crippen LogP contribution in [0.2, 0.25) is 0 Å². The zero-order chi connectivity index (χ0) is 20.3. The molecule has 2 bridgehead atoms. The molecule has 2 N–H and O–H groups in total. The van der Waals surface area contributed by atoms with Crippen molar-refractivity contribution in [1.29, 1.82) is 0 Å². The van der Waals surface area contributed by atoms with Gasteiger partial charge in [0.1, 0.15) is 17.9 Å². The molecule has 1 aromatic heterocycles. The molecule has 0 saturated carbocycles. The molecular formula is C22H25N5O3. The van der Waals surface area contributed by atoms with Crippen molar-refractivity contribution in [3.05, 3.63) is 42.2 Å². The Morgan fingerprint density at radius 1 is 1.03 bits per heavy atom. The number of fused-ring (bicyclic) bond motifs is 4. The molecule has 156 valence electrons. The number of benzene rings is 2. The number of nitrogens with zero attached hydrogens (tertiary/aromatic N) is 3. The third-order valence-corrected chi connectivity index (χ3v) is 5.35. The van der Waals surface area contributed by atoms with Gasteiger partial charge in [0, 0.05) is 25.0 Å². The summed E-state index contributed by atoms with van der Waals surface area (Å²) in [7, 11) is 2.12. The predicted octanol–water partition coefficient (Wildman–Crippen LogP) is 2.91. The zero-order valence-electron chi connectivity index (χ0n) is 17.0. The Bertz CT molecular complexity index is 1060. The van der Waals surface area contributed by atoms with Crippen LogP contribution in [0.4, 0.5) is 11.5 Å². The summed E-state index contributed by atoms with van der Waals surface area (Å²) in [6, 6.07) is 9.96. The minimum Gasteiger partial charge on any atom is -0.494 e. The number of nitrogens with one attached hydrogen (secondary N) is 2. The number of hydrogen-bond acceptors (Lipinski definition) is 8. The van der Waals surface area contributed by atoms with E-state index in [2.05, 4.69) is 38.6 Å². The fraction of sp³-hybridized carbons (Fsp3) is 0.364. The number of likely N-dealkylation sites (N-methyl/N-ethyl adjacent to an activating group) is 1. The van der Waals surface area contributed by atoms with Crippen molar-refractivity contribution in [2.45, 2.75) is 13.0 Å². The predicted molar refractivity (Wildman–Crippen MR) is 115 cm³/mol. The second-order valence-corrected chi connectivity index (χ2v) is 7.55. The van der Waals surface area contributed by atoms with Crippen LogP contribution in [0, 0.1) is 0 Å². The first-order valence-corrected chi connectivity index (χ1v) is 10.2. The summed E-state index contributed by atoms with van der Waals surface area (Å²) in [5.41, 5.74) is 2.85. The number of ether oxygens (including phenoxy) is 3. The van der Waals surface area contributed by atoms with Gasteiger partial charge < -0.3 is 29.7 Å². The fourth-order valence-electron chi connectivity index (χ4n) is 3.78. The maximum Gasteiger partial charge on any atom is 0.231 e. The fourth-order valence-corrected chi connectivity index (χ4v) is 3.78. The van der Waals surface area contributed by atoms with Crippen LogP contribution >= 0.6 is 0 Å². The summed E-state index contributed by atoms with van der Waals surface area (Å²) in [4.78, 5) is 11.2. The van der Waals surface area contributed by atoms with E-state index in [1.807, 2.05) is 24.3 Å². The molecule has 0 radical (unpaired) electrons. The van der Waals surface area contributed by atoms with Crippen LogP contribution in [-0.2, 0) is 6.54 Å². The van der Waals surface area contributed by atoms with Gasteiger partial charge in [-0.15, -0.1) is 0 Å². The molecule has 3 heterocycles. The van der Waals surface area contributed by atoms with E-state index in [4.69, 9.17) is 14.2 Å². The summed E-state index contributed by atoms with van der Waals surface area (Å²) < 4.78 is 17.4. The van der Waals surface area contributed by atoms with Crippen LogP contribution < -0.4 is 24.8 Å². The highest BCUT2D eigenvalue weighted by Crippen LogP contribution is 2.43. The Hall–Kier alpha value is -3.10. The number of hydrogen-bond donors (Lipinski definition) is 2. The Kier molecular flexibility index (Phi) is 5.25. The largest absolute Gasteiger partial charge is 0.494 e. The van der Waals surface area contributed by atoms with Gasteiger partial charge in [-0.25, -0.2) is 9.97 Å². The van der Waals surface area contributed by atoms with E-state index in [-0.39, 0.29) is 6.79 Å². The minimum absolute atomic E-state index is 0.218. The van der Waals surface area contributed by atoms with Gasteiger partial charge in [0.15, 0.2) is 11.5 Å². The van der Waals surface area contributed by atoms with Crippen LogP contribution in [0.5, 0.6) is 17.2 Å². The first-order chi connectivity index (χ1) is 14.8. The summed E-state index contributed by atoms with van der Waals surface area (Å²) in [6.45, 7) is 4.43. The maximum absolute atomic E-state index is 5.95. The van der Waals surface area contributed by atoms with Crippen LogP contribution in [0.15, 0.2) is 36.7 Å². The second kappa shape index (κ2) is 8.33. The van der Waals surface area contributed by atoms with Gasteiger partial charge in [-0.1, -0.05) is 6.07 Å². The Labute approximate surface area is 175 Å². The van der Waals surface area contributed by atoms with Crippen LogP contribution in [0.3, 0.4) is 0 Å². The monoisotopic (exact) mass is 407 g/mol. The molecule has 0 aliphatic carbocycles. The van der Waals surface area contributed by atoms with Crippen molar-refractivity contribution in [2.75, 3.05) is 45.4 Å². The first kappa shape index (κ1) is 18.9. The molecule has 2 aliphatic heterocycles. The molecule has 0 unspecified atom stereocenters. The van der Waals surface area contributed by atoms with Crippen molar-refractivity contribution < 1.29 is 14.2 Å². The lowest BCUT2D eigenvalue weighted by molar-refractivity contribution is 0.174. The highest BCUT2D eigenvalue weighted by atomic mass is 16.7. The molecular weight excluding hydrogens is 382 g/mol. The SMILES string of the molecule is CN1CCNCCCOc2ccc3ncnc(c3c2)Nc2c(ccc3c2OCO3)C1. The van der Waals surface area contributed by atoms with Crippen LogP contribution in [0.1, 0.15) is 12.0 Å². The quantitative estimate of drug-likeness (QED) is 0.589. The number of aromatic nitrogens is 2. The summed E-state index contributed by atoms with van der Waals surface area (Å²) in [6.07, 6.45) is 2.52. The topological polar surface area (TPSA) is 80.8 Å². The van der Waals surface area contributed by atoms with Crippen molar-refractivity contribution in [3.8, 4) is 17.2 Å². The van der Waals surface area contributed by atoms with E-state index in [0.29, 0.717) is 12.4 Å². The van der Waals surface area contributed by atoms with Crippen LogP contribution in [-0.4, -0.2) is 54.9 Å². The molecule has 0 amide bonds.